The van der Waals surface area contributed by atoms with Crippen LogP contribution in [0.3, 0.4) is 0 Å². The summed E-state index contributed by atoms with van der Waals surface area (Å²) >= 11 is 0. The minimum atomic E-state index is -0.612. The van der Waals surface area contributed by atoms with E-state index < -0.39 is 5.97 Å². The van der Waals surface area contributed by atoms with Gasteiger partial charge in [0.2, 0.25) is 0 Å². The van der Waals surface area contributed by atoms with E-state index in [-0.39, 0.29) is 11.3 Å². The van der Waals surface area contributed by atoms with Crippen molar-refractivity contribution in [2.45, 2.75) is 38.6 Å². The molecule has 1 aliphatic carbocycles. The van der Waals surface area contributed by atoms with Gasteiger partial charge in [0.05, 0.1) is 13.0 Å². The van der Waals surface area contributed by atoms with Crippen LogP contribution in [0.2, 0.25) is 0 Å². The molecular formula is C18H25NO3. The van der Waals surface area contributed by atoms with Crippen molar-refractivity contribution in [1.29, 1.82) is 0 Å². The molecule has 4 heteroatoms. The number of ether oxygens (including phenoxy) is 1. The molecular weight excluding hydrogens is 278 g/mol. The van der Waals surface area contributed by atoms with Gasteiger partial charge in [0.1, 0.15) is 5.75 Å². The van der Waals surface area contributed by atoms with Crippen molar-refractivity contribution in [2.75, 3.05) is 20.2 Å². The summed E-state index contributed by atoms with van der Waals surface area (Å²) in [6.45, 7) is 2.44. The Morgan fingerprint density at radius 2 is 1.95 bits per heavy atom. The molecule has 1 atom stereocenters. The highest BCUT2D eigenvalue weighted by atomic mass is 16.5. The van der Waals surface area contributed by atoms with Crippen LogP contribution in [-0.2, 0) is 11.3 Å². The predicted molar refractivity (Wildman–Crippen MR) is 84.9 cm³/mol. The molecule has 1 saturated heterocycles. The number of hydrogen-bond donors (Lipinski definition) is 1. The molecule has 0 amide bonds. The lowest BCUT2D eigenvalue weighted by atomic mass is 9.68. The number of carboxylic acids is 1. The summed E-state index contributed by atoms with van der Waals surface area (Å²) in [5.41, 5.74) is 1.23. The van der Waals surface area contributed by atoms with Gasteiger partial charge in [-0.05, 0) is 36.0 Å². The molecule has 1 aliphatic heterocycles. The molecule has 0 radical (unpaired) electrons. The third-order valence-corrected chi connectivity index (χ3v) is 5.43. The van der Waals surface area contributed by atoms with Crippen molar-refractivity contribution < 1.29 is 14.6 Å². The van der Waals surface area contributed by atoms with Crippen LogP contribution in [0, 0.1) is 11.3 Å². The Hall–Kier alpha value is -1.55. The van der Waals surface area contributed by atoms with Crippen LogP contribution < -0.4 is 4.74 Å². The molecule has 1 N–H and O–H groups in total. The normalized spacial score (nSPS) is 24.5. The molecule has 4 nitrogen and oxygen atoms in total. The van der Waals surface area contributed by atoms with Crippen LogP contribution in [0.5, 0.6) is 5.75 Å². The number of carboxylic acid groups (broad SMARTS) is 1. The van der Waals surface area contributed by atoms with Crippen molar-refractivity contribution in [3.05, 3.63) is 29.8 Å². The number of rotatable bonds is 4. The van der Waals surface area contributed by atoms with E-state index in [1.165, 1.54) is 24.8 Å². The van der Waals surface area contributed by atoms with Gasteiger partial charge in [-0.15, -0.1) is 0 Å². The second-order valence-electron chi connectivity index (χ2n) is 6.83. The lowest BCUT2D eigenvalue weighted by Crippen LogP contribution is -2.36. The summed E-state index contributed by atoms with van der Waals surface area (Å²) < 4.78 is 5.19. The van der Waals surface area contributed by atoms with E-state index in [0.717, 1.165) is 31.7 Å². The average Bonchev–Trinajstić information content (AvgIpc) is 2.86. The van der Waals surface area contributed by atoms with Crippen LogP contribution in [0.1, 0.15) is 37.7 Å². The molecule has 1 aromatic rings. The van der Waals surface area contributed by atoms with E-state index >= 15 is 0 Å². The fourth-order valence-corrected chi connectivity index (χ4v) is 4.28. The fraction of sp³-hybridized carbons (Fsp3) is 0.611. The van der Waals surface area contributed by atoms with E-state index in [9.17, 15) is 9.90 Å². The van der Waals surface area contributed by atoms with Gasteiger partial charge in [-0.1, -0.05) is 31.4 Å². The molecule has 1 heterocycles. The van der Waals surface area contributed by atoms with Crippen molar-refractivity contribution in [3.63, 3.8) is 0 Å². The van der Waals surface area contributed by atoms with Crippen LogP contribution in [-0.4, -0.2) is 36.2 Å². The lowest BCUT2D eigenvalue weighted by molar-refractivity contribution is -0.145. The zero-order valence-corrected chi connectivity index (χ0v) is 13.3. The second kappa shape index (κ2) is 6.29. The third-order valence-electron chi connectivity index (χ3n) is 5.43. The van der Waals surface area contributed by atoms with Crippen molar-refractivity contribution in [3.8, 4) is 5.75 Å². The van der Waals surface area contributed by atoms with Gasteiger partial charge < -0.3 is 9.84 Å². The molecule has 0 aromatic heterocycles. The summed E-state index contributed by atoms with van der Waals surface area (Å²) in [5, 5.41) is 9.64. The van der Waals surface area contributed by atoms with Crippen LogP contribution >= 0.6 is 0 Å². The third kappa shape index (κ3) is 2.98. The average molecular weight is 303 g/mol. The molecule has 1 aromatic carbocycles. The first-order chi connectivity index (χ1) is 10.6. The number of hydrogen-bond acceptors (Lipinski definition) is 3. The fourth-order valence-electron chi connectivity index (χ4n) is 4.28. The Morgan fingerprint density at radius 3 is 2.55 bits per heavy atom. The zero-order valence-electron chi connectivity index (χ0n) is 13.3. The second-order valence-corrected chi connectivity index (χ2v) is 6.83. The first-order valence-corrected chi connectivity index (χ1v) is 8.21. The van der Waals surface area contributed by atoms with Gasteiger partial charge in [0.15, 0.2) is 0 Å². The predicted octanol–water partition coefficient (Wildman–Crippen LogP) is 3.16. The largest absolute Gasteiger partial charge is 0.497 e. The highest BCUT2D eigenvalue weighted by molar-refractivity contribution is 5.72. The zero-order chi connectivity index (χ0) is 15.6. The van der Waals surface area contributed by atoms with Crippen LogP contribution in [0.25, 0.3) is 0 Å². The minimum Gasteiger partial charge on any atom is -0.497 e. The minimum absolute atomic E-state index is 0.0105. The summed E-state index contributed by atoms with van der Waals surface area (Å²) in [7, 11) is 1.67. The maximum atomic E-state index is 11.7. The number of methoxy groups -OCH3 is 1. The topological polar surface area (TPSA) is 49.8 Å². The van der Waals surface area contributed by atoms with Gasteiger partial charge in [-0.25, -0.2) is 0 Å². The number of nitrogens with zero attached hydrogens (tertiary/aromatic N) is 1. The maximum Gasteiger partial charge on any atom is 0.308 e. The molecule has 1 saturated carbocycles. The van der Waals surface area contributed by atoms with E-state index in [0.29, 0.717) is 6.54 Å². The summed E-state index contributed by atoms with van der Waals surface area (Å²) in [6.07, 6.45) is 5.76. The van der Waals surface area contributed by atoms with E-state index in [1.54, 1.807) is 7.11 Å². The summed E-state index contributed by atoms with van der Waals surface area (Å²) in [5.74, 6) is 0.0440. The molecule has 120 valence electrons. The Morgan fingerprint density at radius 1 is 1.27 bits per heavy atom. The number of aliphatic carboxylic acids is 1. The van der Waals surface area contributed by atoms with Crippen molar-refractivity contribution >= 4 is 5.97 Å². The lowest BCUT2D eigenvalue weighted by Gasteiger charge is -2.36. The summed E-state index contributed by atoms with van der Waals surface area (Å²) in [6, 6.07) is 8.08. The van der Waals surface area contributed by atoms with Crippen LogP contribution in [0.15, 0.2) is 24.3 Å². The molecule has 0 bridgehead atoms. The SMILES string of the molecule is COc1ccc(CN2CC(C(=O)O)C3(CCCCC3)C2)cc1. The van der Waals surface area contributed by atoms with Crippen molar-refractivity contribution in [1.82, 2.24) is 4.90 Å². The van der Waals surface area contributed by atoms with Gasteiger partial charge in [0.25, 0.3) is 0 Å². The van der Waals surface area contributed by atoms with Crippen molar-refractivity contribution in [2.24, 2.45) is 11.3 Å². The summed E-state index contributed by atoms with van der Waals surface area (Å²) in [4.78, 5) is 14.0. The first kappa shape index (κ1) is 15.3. The molecule has 22 heavy (non-hydrogen) atoms. The Kier molecular flexibility index (Phi) is 4.39. The maximum absolute atomic E-state index is 11.7. The van der Waals surface area contributed by atoms with Crippen LogP contribution in [0.4, 0.5) is 0 Å². The first-order valence-electron chi connectivity index (χ1n) is 8.21. The number of likely N-dealkylation sites (tertiary alicyclic amines) is 1. The van der Waals surface area contributed by atoms with E-state index in [1.807, 2.05) is 12.1 Å². The quantitative estimate of drug-likeness (QED) is 0.928. The number of carbonyl (C=O) groups is 1. The highest BCUT2D eigenvalue weighted by Gasteiger charge is 2.50. The number of benzene rings is 1. The standard InChI is InChI=1S/C18H25NO3/c1-22-15-7-5-14(6-8-15)11-19-12-16(17(20)21)18(13-19)9-3-2-4-10-18/h5-8,16H,2-4,9-13H2,1H3,(H,20,21). The monoisotopic (exact) mass is 303 g/mol. The Bertz CT molecular complexity index is 520. The van der Waals surface area contributed by atoms with Gasteiger partial charge in [-0.3, -0.25) is 9.69 Å². The molecule has 2 aliphatic rings. The van der Waals surface area contributed by atoms with Gasteiger partial charge >= 0.3 is 5.97 Å². The van der Waals surface area contributed by atoms with Gasteiger partial charge in [-0.2, -0.15) is 0 Å². The molecule has 1 spiro atoms. The van der Waals surface area contributed by atoms with E-state index in [2.05, 4.69) is 17.0 Å². The smallest absolute Gasteiger partial charge is 0.308 e. The highest BCUT2D eigenvalue weighted by Crippen LogP contribution is 2.47. The van der Waals surface area contributed by atoms with E-state index in [4.69, 9.17) is 4.74 Å². The molecule has 1 unspecified atom stereocenters. The van der Waals surface area contributed by atoms with Gasteiger partial charge in [0, 0.05) is 19.6 Å². The molecule has 2 fully saturated rings. The Labute approximate surface area is 132 Å². The molecule has 3 rings (SSSR count). The Balaban J connectivity index is 1.71.